The average molecular weight is 1390 g/mol. The van der Waals surface area contributed by atoms with E-state index < -0.39 is 97.5 Å². The highest BCUT2D eigenvalue weighted by molar-refractivity contribution is 7.47. The lowest BCUT2D eigenvalue weighted by Gasteiger charge is -2.21. The minimum atomic E-state index is -4.96. The second-order valence-electron chi connectivity index (χ2n) is 27.4. The molecular weight excluding hydrogens is 1250 g/mol. The molecule has 3 unspecified atom stereocenters. The van der Waals surface area contributed by atoms with Crippen LogP contribution in [-0.2, 0) is 65.4 Å². The Balaban J connectivity index is 5.18. The van der Waals surface area contributed by atoms with Crippen LogP contribution in [-0.4, -0.2) is 96.7 Å². The predicted octanol–water partition coefficient (Wildman–Crippen LogP) is 21.9. The highest BCUT2D eigenvalue weighted by atomic mass is 31.2. The van der Waals surface area contributed by atoms with E-state index in [0.29, 0.717) is 25.7 Å². The summed E-state index contributed by atoms with van der Waals surface area (Å²) in [5.41, 5.74) is 0. The lowest BCUT2D eigenvalue weighted by molar-refractivity contribution is -0.161. The fourth-order valence-corrected chi connectivity index (χ4v) is 12.7. The number of rotatable bonds is 73. The van der Waals surface area contributed by atoms with Crippen LogP contribution in [0, 0.1) is 11.8 Å². The number of carbonyl (C=O) groups excluding carboxylic acids is 4. The molecule has 95 heavy (non-hydrogen) atoms. The lowest BCUT2D eigenvalue weighted by atomic mass is 9.99. The number of unbranched alkanes of at least 4 members (excludes halogenated alkanes) is 39. The Morgan fingerprint density at radius 3 is 0.947 bits per heavy atom. The topological polar surface area (TPSA) is 237 Å². The van der Waals surface area contributed by atoms with Gasteiger partial charge >= 0.3 is 39.5 Å². The van der Waals surface area contributed by atoms with Crippen molar-refractivity contribution in [2.45, 2.75) is 387 Å². The molecule has 0 aromatic rings. The molecule has 17 nitrogen and oxygen atoms in total. The molecule has 560 valence electrons. The van der Waals surface area contributed by atoms with Crippen LogP contribution in [0.25, 0.3) is 0 Å². The van der Waals surface area contributed by atoms with Crippen LogP contribution in [0.5, 0.6) is 0 Å². The molecular formula is C76H144O17P2. The molecule has 0 amide bonds. The Morgan fingerprint density at radius 1 is 0.347 bits per heavy atom. The van der Waals surface area contributed by atoms with Crippen LogP contribution < -0.4 is 0 Å². The largest absolute Gasteiger partial charge is 0.472 e. The van der Waals surface area contributed by atoms with Crippen LogP contribution >= 0.6 is 15.6 Å². The van der Waals surface area contributed by atoms with Gasteiger partial charge in [-0.15, -0.1) is 0 Å². The molecule has 0 spiro atoms. The Labute approximate surface area is 580 Å². The van der Waals surface area contributed by atoms with E-state index in [1.807, 2.05) is 0 Å². The molecule has 0 heterocycles. The maximum absolute atomic E-state index is 13.1. The van der Waals surface area contributed by atoms with Crippen LogP contribution in [0.4, 0.5) is 0 Å². The van der Waals surface area contributed by atoms with E-state index in [4.69, 9.17) is 37.0 Å². The van der Waals surface area contributed by atoms with E-state index in [9.17, 15) is 43.2 Å². The van der Waals surface area contributed by atoms with Crippen molar-refractivity contribution in [1.82, 2.24) is 0 Å². The van der Waals surface area contributed by atoms with Crippen molar-refractivity contribution in [3.8, 4) is 0 Å². The van der Waals surface area contributed by atoms with Crippen molar-refractivity contribution in [3.63, 3.8) is 0 Å². The zero-order valence-electron chi connectivity index (χ0n) is 61.5. The summed E-state index contributed by atoms with van der Waals surface area (Å²) in [6.07, 6.45) is 58.0. The summed E-state index contributed by atoms with van der Waals surface area (Å²) in [7, 11) is -9.91. The zero-order valence-corrected chi connectivity index (χ0v) is 63.2. The smallest absolute Gasteiger partial charge is 0.462 e. The normalized spacial score (nSPS) is 14.5. The van der Waals surface area contributed by atoms with E-state index in [-0.39, 0.29) is 25.7 Å². The van der Waals surface area contributed by atoms with Gasteiger partial charge in [-0.3, -0.25) is 37.3 Å². The van der Waals surface area contributed by atoms with Crippen molar-refractivity contribution in [2.75, 3.05) is 39.6 Å². The molecule has 0 aromatic carbocycles. The fraction of sp³-hybridized carbons (Fsp3) is 0.895. The summed E-state index contributed by atoms with van der Waals surface area (Å²) in [5.74, 6) is -0.515. The van der Waals surface area contributed by atoms with Crippen molar-refractivity contribution in [2.24, 2.45) is 11.8 Å². The van der Waals surface area contributed by atoms with Crippen LogP contribution in [0.1, 0.15) is 369 Å². The molecule has 0 radical (unpaired) electrons. The SMILES string of the molecule is CCCCCC/C=C\C=C/CCCCCCCC(=O)O[C@H](COC(=O)CCCCCCC)COP(=O)(O)OC[C@H](O)COP(=O)(O)OC[C@@H](COC(=O)CCCCCCCCCCCCCCCCC(C)C)OC(=O)CCCCCCCCCCCCCCCCC(C)CC. The third-order valence-corrected chi connectivity index (χ3v) is 19.3. The Bertz CT molecular complexity index is 1930. The maximum Gasteiger partial charge on any atom is 0.472 e. The number of aliphatic hydroxyl groups excluding tert-OH is 1. The first-order valence-electron chi connectivity index (χ1n) is 38.8. The maximum atomic E-state index is 13.1. The van der Waals surface area contributed by atoms with E-state index in [0.717, 1.165) is 121 Å². The molecule has 0 fully saturated rings. The molecule has 3 N–H and O–H groups in total. The number of allylic oxidation sites excluding steroid dienone is 4. The second-order valence-corrected chi connectivity index (χ2v) is 30.3. The van der Waals surface area contributed by atoms with Gasteiger partial charge in [0.25, 0.3) is 0 Å². The predicted molar refractivity (Wildman–Crippen MR) is 386 cm³/mol. The summed E-state index contributed by atoms with van der Waals surface area (Å²) >= 11 is 0. The lowest BCUT2D eigenvalue weighted by Crippen LogP contribution is -2.30. The van der Waals surface area contributed by atoms with Gasteiger partial charge in [-0.05, 0) is 63.2 Å². The van der Waals surface area contributed by atoms with Crippen molar-refractivity contribution < 1.29 is 80.2 Å². The molecule has 6 atom stereocenters. The first-order chi connectivity index (χ1) is 45.9. The molecule has 19 heteroatoms. The van der Waals surface area contributed by atoms with Crippen LogP contribution in [0.3, 0.4) is 0 Å². The van der Waals surface area contributed by atoms with Gasteiger partial charge in [0.2, 0.25) is 0 Å². The number of phosphoric ester groups is 2. The number of ether oxygens (including phenoxy) is 4. The van der Waals surface area contributed by atoms with E-state index in [1.165, 1.54) is 167 Å². The second kappa shape index (κ2) is 67.4. The number of carbonyl (C=O) groups is 4. The summed E-state index contributed by atoms with van der Waals surface area (Å²) in [6.45, 7) is 9.52. The molecule has 0 bridgehead atoms. The number of hydrogen-bond acceptors (Lipinski definition) is 15. The van der Waals surface area contributed by atoms with Crippen LogP contribution in [0.15, 0.2) is 24.3 Å². The Morgan fingerprint density at radius 2 is 0.621 bits per heavy atom. The van der Waals surface area contributed by atoms with E-state index in [2.05, 4.69) is 65.8 Å². The van der Waals surface area contributed by atoms with Gasteiger partial charge in [0, 0.05) is 25.7 Å². The summed E-state index contributed by atoms with van der Waals surface area (Å²) < 4.78 is 68.3. The van der Waals surface area contributed by atoms with Crippen molar-refractivity contribution in [3.05, 3.63) is 24.3 Å². The molecule has 0 saturated carbocycles. The van der Waals surface area contributed by atoms with Gasteiger partial charge in [-0.1, -0.05) is 316 Å². The zero-order chi connectivity index (χ0) is 70.0. The third-order valence-electron chi connectivity index (χ3n) is 17.4. The van der Waals surface area contributed by atoms with Crippen molar-refractivity contribution >= 4 is 39.5 Å². The van der Waals surface area contributed by atoms with Gasteiger partial charge < -0.3 is 33.8 Å². The van der Waals surface area contributed by atoms with E-state index in [1.54, 1.807) is 0 Å². The molecule has 0 aliphatic heterocycles. The van der Waals surface area contributed by atoms with Crippen LogP contribution in [0.2, 0.25) is 0 Å². The summed E-state index contributed by atoms with van der Waals surface area (Å²) in [5, 5.41) is 10.6. The average Bonchev–Trinajstić information content (AvgIpc) is 1.95. The molecule has 0 saturated heterocycles. The van der Waals surface area contributed by atoms with Gasteiger partial charge in [0.1, 0.15) is 19.3 Å². The molecule has 0 aliphatic rings. The first kappa shape index (κ1) is 92.5. The number of esters is 4. The van der Waals surface area contributed by atoms with Gasteiger partial charge in [0.05, 0.1) is 26.4 Å². The molecule has 0 aromatic heterocycles. The number of phosphoric acid groups is 2. The number of aliphatic hydroxyl groups is 1. The molecule has 0 rings (SSSR count). The monoisotopic (exact) mass is 1390 g/mol. The quantitative estimate of drug-likeness (QED) is 0.0169. The van der Waals surface area contributed by atoms with Crippen molar-refractivity contribution in [1.29, 1.82) is 0 Å². The van der Waals surface area contributed by atoms with Gasteiger partial charge in [-0.25, -0.2) is 9.13 Å². The van der Waals surface area contributed by atoms with Gasteiger partial charge in [-0.2, -0.15) is 0 Å². The summed E-state index contributed by atoms with van der Waals surface area (Å²) in [4.78, 5) is 72.5. The first-order valence-corrected chi connectivity index (χ1v) is 41.8. The highest BCUT2D eigenvalue weighted by Crippen LogP contribution is 2.45. The minimum Gasteiger partial charge on any atom is -0.462 e. The third kappa shape index (κ3) is 68.5. The summed E-state index contributed by atoms with van der Waals surface area (Å²) in [6, 6.07) is 0. The van der Waals surface area contributed by atoms with Gasteiger partial charge in [0.15, 0.2) is 12.2 Å². The minimum absolute atomic E-state index is 0.0841. The Hall–Kier alpha value is -2.46. The number of hydrogen-bond donors (Lipinski definition) is 3. The van der Waals surface area contributed by atoms with E-state index >= 15 is 0 Å². The molecule has 0 aliphatic carbocycles. The highest BCUT2D eigenvalue weighted by Gasteiger charge is 2.30. The standard InChI is InChI=1S/C76H144O17P2/c1-7-10-12-14-15-16-17-18-19-27-32-37-42-48-54-60-75(80)92-71(64-86-73(78)58-52-44-13-11-8-2)66-90-94(82,83)88-62-70(77)63-89-95(84,85)91-67-72(65-87-74(79)59-53-47-41-36-31-26-22-20-24-29-34-39-45-50-56-68(4)5)93-76(81)61-55-49-43-38-33-28-23-21-25-30-35-40-46-51-57-69(6)9-3/h16-19,68-72,77H,7-15,20-67H2,1-6H3,(H,82,83)(H,84,85)/b17-16-,19-18-/t69?,70-,71+,72+/m0/s1. The Kier molecular flexibility index (Phi) is 65.6. The fourth-order valence-electron chi connectivity index (χ4n) is 11.1.